The molecule has 0 radical (unpaired) electrons. The molecule has 1 saturated carbocycles. The van der Waals surface area contributed by atoms with E-state index in [-0.39, 0.29) is 11.9 Å². The zero-order valence-electron chi connectivity index (χ0n) is 11.1. The Balaban J connectivity index is 2.00. The van der Waals surface area contributed by atoms with Gasteiger partial charge in [0.25, 0.3) is 0 Å². The Morgan fingerprint density at radius 1 is 1.22 bits per heavy atom. The minimum absolute atomic E-state index is 0.174. The van der Waals surface area contributed by atoms with Crippen molar-refractivity contribution in [2.75, 3.05) is 0 Å². The number of benzene rings is 1. The Kier molecular flexibility index (Phi) is 4.68. The second-order valence-corrected chi connectivity index (χ2v) is 6.90. The first kappa shape index (κ1) is 13.9. The lowest BCUT2D eigenvalue weighted by Crippen LogP contribution is -2.39. The predicted molar refractivity (Wildman–Crippen MR) is 76.2 cm³/mol. The summed E-state index contributed by atoms with van der Waals surface area (Å²) in [6, 6.07) is 7.03. The molecule has 0 saturated heterocycles. The van der Waals surface area contributed by atoms with E-state index >= 15 is 0 Å². The maximum Gasteiger partial charge on any atom is 0.123 e. The Bertz CT molecular complexity index is 377. The van der Waals surface area contributed by atoms with Crippen molar-refractivity contribution in [3.63, 3.8) is 0 Å². The fourth-order valence-corrected chi connectivity index (χ4v) is 3.91. The van der Waals surface area contributed by atoms with Crippen molar-refractivity contribution >= 4 is 11.8 Å². The minimum Gasteiger partial charge on any atom is -0.327 e. The molecule has 0 spiro atoms. The van der Waals surface area contributed by atoms with Crippen LogP contribution in [0.2, 0.25) is 0 Å². The third-order valence-corrected chi connectivity index (χ3v) is 5.32. The maximum atomic E-state index is 12.9. The van der Waals surface area contributed by atoms with Crippen molar-refractivity contribution in [3.05, 3.63) is 30.1 Å². The molecule has 3 unspecified atom stereocenters. The number of hydrogen-bond acceptors (Lipinski definition) is 2. The molecule has 1 fully saturated rings. The third-order valence-electron chi connectivity index (χ3n) is 3.93. The second kappa shape index (κ2) is 6.07. The molecule has 100 valence electrons. The standard InChI is InChI=1S/C15H22FNS/c1-10(2)11-3-8-14(17)15(9-11)18-13-6-4-12(16)5-7-13/h4-7,10-11,14-15H,3,8-9,17H2,1-2H3. The Morgan fingerprint density at radius 3 is 2.50 bits per heavy atom. The molecular weight excluding hydrogens is 245 g/mol. The van der Waals surface area contributed by atoms with Crippen LogP contribution in [0.1, 0.15) is 33.1 Å². The highest BCUT2D eigenvalue weighted by atomic mass is 32.2. The summed E-state index contributed by atoms with van der Waals surface area (Å²) in [6.07, 6.45) is 3.54. The second-order valence-electron chi connectivity index (χ2n) is 5.59. The Hall–Kier alpha value is -0.540. The van der Waals surface area contributed by atoms with Crippen molar-refractivity contribution < 1.29 is 4.39 Å². The number of nitrogens with two attached hydrogens (primary N) is 1. The van der Waals surface area contributed by atoms with Crippen LogP contribution in [0, 0.1) is 17.7 Å². The highest BCUT2D eigenvalue weighted by molar-refractivity contribution is 8.00. The average Bonchev–Trinajstić information content (AvgIpc) is 2.34. The van der Waals surface area contributed by atoms with Crippen LogP contribution in [-0.2, 0) is 0 Å². The lowest BCUT2D eigenvalue weighted by Gasteiger charge is -2.35. The normalized spacial score (nSPS) is 28.6. The van der Waals surface area contributed by atoms with Crippen LogP contribution in [0.25, 0.3) is 0 Å². The Morgan fingerprint density at radius 2 is 1.89 bits per heavy atom. The van der Waals surface area contributed by atoms with Gasteiger partial charge in [0.2, 0.25) is 0 Å². The largest absolute Gasteiger partial charge is 0.327 e. The lowest BCUT2D eigenvalue weighted by atomic mass is 9.79. The molecule has 1 aliphatic carbocycles. The number of rotatable bonds is 3. The maximum absolute atomic E-state index is 12.9. The van der Waals surface area contributed by atoms with Crippen molar-refractivity contribution in [1.82, 2.24) is 0 Å². The Labute approximate surface area is 113 Å². The van der Waals surface area contributed by atoms with Crippen molar-refractivity contribution in [3.8, 4) is 0 Å². The van der Waals surface area contributed by atoms with Crippen LogP contribution < -0.4 is 5.73 Å². The molecule has 1 aromatic carbocycles. The third kappa shape index (κ3) is 3.48. The van der Waals surface area contributed by atoms with Crippen LogP contribution in [0.4, 0.5) is 4.39 Å². The first-order valence-corrected chi connectivity index (χ1v) is 7.62. The molecule has 3 heteroatoms. The van der Waals surface area contributed by atoms with Crippen molar-refractivity contribution in [2.45, 2.75) is 49.3 Å². The molecule has 0 aromatic heterocycles. The average molecular weight is 267 g/mol. The molecule has 18 heavy (non-hydrogen) atoms. The summed E-state index contributed by atoms with van der Waals surface area (Å²) >= 11 is 1.81. The van der Waals surface area contributed by atoms with E-state index < -0.39 is 0 Å². The molecule has 2 N–H and O–H groups in total. The van der Waals surface area contributed by atoms with Gasteiger partial charge in [-0.1, -0.05) is 13.8 Å². The molecule has 2 rings (SSSR count). The van der Waals surface area contributed by atoms with E-state index in [9.17, 15) is 4.39 Å². The number of halogens is 1. The van der Waals surface area contributed by atoms with Crippen LogP contribution >= 0.6 is 11.8 Å². The van der Waals surface area contributed by atoms with E-state index in [0.29, 0.717) is 5.25 Å². The highest BCUT2D eigenvalue weighted by Gasteiger charge is 2.30. The smallest absolute Gasteiger partial charge is 0.123 e. The molecule has 3 atom stereocenters. The molecule has 0 aliphatic heterocycles. The minimum atomic E-state index is -0.174. The van der Waals surface area contributed by atoms with Crippen molar-refractivity contribution in [1.29, 1.82) is 0 Å². The fraction of sp³-hybridized carbons (Fsp3) is 0.600. The predicted octanol–water partition coefficient (Wildman–Crippen LogP) is 4.07. The van der Waals surface area contributed by atoms with Gasteiger partial charge < -0.3 is 5.73 Å². The summed E-state index contributed by atoms with van der Waals surface area (Å²) in [5, 5.41) is 0.469. The van der Waals surface area contributed by atoms with Crippen LogP contribution in [-0.4, -0.2) is 11.3 Å². The number of thioether (sulfide) groups is 1. The van der Waals surface area contributed by atoms with Gasteiger partial charge in [0.05, 0.1) is 0 Å². The van der Waals surface area contributed by atoms with E-state index in [1.54, 1.807) is 0 Å². The van der Waals surface area contributed by atoms with Gasteiger partial charge in [-0.3, -0.25) is 0 Å². The van der Waals surface area contributed by atoms with Gasteiger partial charge in [0.1, 0.15) is 5.82 Å². The highest BCUT2D eigenvalue weighted by Crippen LogP contribution is 2.38. The summed E-state index contributed by atoms with van der Waals surface area (Å²) in [5.41, 5.74) is 6.22. The topological polar surface area (TPSA) is 26.0 Å². The summed E-state index contributed by atoms with van der Waals surface area (Å²) in [4.78, 5) is 1.13. The molecular formula is C15H22FNS. The first-order chi connectivity index (χ1) is 8.56. The van der Waals surface area contributed by atoms with Gasteiger partial charge in [-0.05, 0) is 55.4 Å². The SMILES string of the molecule is CC(C)C1CCC(N)C(Sc2ccc(F)cc2)C1. The molecule has 1 aromatic rings. The molecule has 1 nitrogen and oxygen atoms in total. The summed E-state index contributed by atoms with van der Waals surface area (Å²) in [5.74, 6) is 1.34. The van der Waals surface area contributed by atoms with Gasteiger partial charge >= 0.3 is 0 Å². The van der Waals surface area contributed by atoms with Gasteiger partial charge in [-0.25, -0.2) is 4.39 Å². The van der Waals surface area contributed by atoms with Crippen LogP contribution in [0.15, 0.2) is 29.2 Å². The summed E-state index contributed by atoms with van der Waals surface area (Å²) < 4.78 is 12.9. The van der Waals surface area contributed by atoms with E-state index in [1.165, 1.54) is 25.0 Å². The van der Waals surface area contributed by atoms with Crippen molar-refractivity contribution in [2.24, 2.45) is 17.6 Å². The van der Waals surface area contributed by atoms with E-state index in [2.05, 4.69) is 13.8 Å². The van der Waals surface area contributed by atoms with Crippen LogP contribution in [0.3, 0.4) is 0 Å². The van der Waals surface area contributed by atoms with Crippen LogP contribution in [0.5, 0.6) is 0 Å². The summed E-state index contributed by atoms with van der Waals surface area (Å²) in [6.45, 7) is 4.59. The van der Waals surface area contributed by atoms with Gasteiger partial charge in [-0.2, -0.15) is 0 Å². The zero-order valence-corrected chi connectivity index (χ0v) is 11.9. The molecule has 1 aliphatic rings. The lowest BCUT2D eigenvalue weighted by molar-refractivity contribution is 0.266. The van der Waals surface area contributed by atoms with Gasteiger partial charge in [-0.15, -0.1) is 11.8 Å². The van der Waals surface area contributed by atoms with E-state index in [0.717, 1.165) is 23.2 Å². The number of hydrogen-bond donors (Lipinski definition) is 1. The zero-order chi connectivity index (χ0) is 13.1. The van der Waals surface area contributed by atoms with E-state index in [1.807, 2.05) is 23.9 Å². The fourth-order valence-electron chi connectivity index (χ4n) is 2.61. The molecule has 0 bridgehead atoms. The monoisotopic (exact) mass is 267 g/mol. The first-order valence-electron chi connectivity index (χ1n) is 6.74. The summed E-state index contributed by atoms with van der Waals surface area (Å²) in [7, 11) is 0. The quantitative estimate of drug-likeness (QED) is 0.893. The molecule has 0 heterocycles. The van der Waals surface area contributed by atoms with Gasteiger partial charge in [0, 0.05) is 16.2 Å². The van der Waals surface area contributed by atoms with E-state index in [4.69, 9.17) is 5.73 Å². The van der Waals surface area contributed by atoms with Gasteiger partial charge in [0.15, 0.2) is 0 Å². The molecule has 0 amide bonds.